The minimum atomic E-state index is -0.0409. The molecule has 140 valence electrons. The van der Waals surface area contributed by atoms with Crippen LogP contribution in [0.2, 0.25) is 0 Å². The average molecular weight is 356 g/mol. The van der Waals surface area contributed by atoms with Crippen molar-refractivity contribution in [1.82, 2.24) is 10.2 Å². The van der Waals surface area contributed by atoms with Crippen LogP contribution in [0.4, 0.5) is 0 Å². The van der Waals surface area contributed by atoms with E-state index in [1.807, 2.05) is 0 Å². The van der Waals surface area contributed by atoms with Crippen molar-refractivity contribution < 1.29 is 14.0 Å². The second-order valence-corrected chi connectivity index (χ2v) is 9.11. The van der Waals surface area contributed by atoms with E-state index in [4.69, 9.17) is 4.42 Å². The Kier molecular flexibility index (Phi) is 3.70. The van der Waals surface area contributed by atoms with Crippen LogP contribution in [-0.2, 0) is 17.6 Å². The van der Waals surface area contributed by atoms with Gasteiger partial charge in [0.25, 0.3) is 5.91 Å². The fourth-order valence-electron chi connectivity index (χ4n) is 5.01. The van der Waals surface area contributed by atoms with Crippen molar-refractivity contribution in [3.05, 3.63) is 23.2 Å². The highest BCUT2D eigenvalue weighted by atomic mass is 16.3. The van der Waals surface area contributed by atoms with Crippen molar-refractivity contribution in [2.75, 3.05) is 13.1 Å². The lowest BCUT2D eigenvalue weighted by molar-refractivity contribution is -0.133. The molecular weight excluding hydrogens is 328 g/mol. The average Bonchev–Trinajstić information content (AvgIpc) is 3.46. The first-order valence-corrected chi connectivity index (χ1v) is 10.2. The summed E-state index contributed by atoms with van der Waals surface area (Å²) in [6.07, 6.45) is 10.3. The van der Waals surface area contributed by atoms with Crippen LogP contribution in [0.25, 0.3) is 0 Å². The molecule has 3 atom stereocenters. The summed E-state index contributed by atoms with van der Waals surface area (Å²) in [6, 6.07) is 0.157. The smallest absolute Gasteiger partial charge is 0.254 e. The quantitative estimate of drug-likeness (QED) is 0.902. The zero-order valence-corrected chi connectivity index (χ0v) is 15.6. The Bertz CT molecular complexity index is 748. The molecule has 1 aliphatic heterocycles. The van der Waals surface area contributed by atoms with Gasteiger partial charge >= 0.3 is 0 Å². The molecule has 0 bridgehead atoms. The predicted molar refractivity (Wildman–Crippen MR) is 96.7 cm³/mol. The van der Waals surface area contributed by atoms with Crippen molar-refractivity contribution in [2.45, 2.75) is 64.3 Å². The molecule has 2 saturated carbocycles. The lowest BCUT2D eigenvalue weighted by Gasteiger charge is -2.25. The third kappa shape index (κ3) is 2.76. The Balaban J connectivity index is 1.25. The Hall–Kier alpha value is -1.78. The number of furan rings is 1. The maximum Gasteiger partial charge on any atom is 0.254 e. The van der Waals surface area contributed by atoms with Gasteiger partial charge in [0, 0.05) is 37.0 Å². The van der Waals surface area contributed by atoms with Gasteiger partial charge in [-0.15, -0.1) is 0 Å². The Labute approximate surface area is 154 Å². The molecule has 1 N–H and O–H groups in total. The van der Waals surface area contributed by atoms with Crippen LogP contribution in [0.3, 0.4) is 0 Å². The number of carbonyl (C=O) groups excluding carboxylic acids is 2. The number of aryl methyl sites for hydroxylation is 1. The van der Waals surface area contributed by atoms with Crippen molar-refractivity contribution in [3.63, 3.8) is 0 Å². The molecule has 5 nitrogen and oxygen atoms in total. The maximum absolute atomic E-state index is 12.8. The summed E-state index contributed by atoms with van der Waals surface area (Å²) < 4.78 is 5.61. The molecule has 0 radical (unpaired) electrons. The molecule has 5 heteroatoms. The Morgan fingerprint density at radius 3 is 2.81 bits per heavy atom. The first kappa shape index (κ1) is 16.4. The molecule has 1 aromatic rings. The van der Waals surface area contributed by atoms with Gasteiger partial charge in [0.15, 0.2) is 0 Å². The number of likely N-dealkylation sites (tertiary alicyclic amines) is 1. The van der Waals surface area contributed by atoms with Crippen LogP contribution in [0, 0.1) is 17.3 Å². The molecule has 2 heterocycles. The fourth-order valence-corrected chi connectivity index (χ4v) is 5.01. The summed E-state index contributed by atoms with van der Waals surface area (Å²) in [5, 5.41) is 3.11. The third-order valence-electron chi connectivity index (χ3n) is 7.09. The Morgan fingerprint density at radius 1 is 1.31 bits per heavy atom. The fraction of sp³-hybridized carbons (Fsp3) is 0.714. The second-order valence-electron chi connectivity index (χ2n) is 9.11. The van der Waals surface area contributed by atoms with Gasteiger partial charge in [0.2, 0.25) is 5.91 Å². The number of hydrogen-bond donors (Lipinski definition) is 1. The number of nitrogens with zero attached hydrogens (tertiary/aromatic N) is 1. The van der Waals surface area contributed by atoms with Gasteiger partial charge < -0.3 is 14.6 Å². The topological polar surface area (TPSA) is 62.6 Å². The summed E-state index contributed by atoms with van der Waals surface area (Å²) in [5.41, 5.74) is 2.16. The highest BCUT2D eigenvalue weighted by Crippen LogP contribution is 2.55. The van der Waals surface area contributed by atoms with Crippen LogP contribution < -0.4 is 5.32 Å². The first-order valence-electron chi connectivity index (χ1n) is 10.2. The van der Waals surface area contributed by atoms with Gasteiger partial charge in [0.1, 0.15) is 12.0 Å². The van der Waals surface area contributed by atoms with E-state index in [1.54, 1.807) is 6.26 Å². The van der Waals surface area contributed by atoms with Gasteiger partial charge in [-0.2, -0.15) is 0 Å². The van der Waals surface area contributed by atoms with Crippen LogP contribution in [0.15, 0.2) is 10.7 Å². The number of hydrogen-bond acceptors (Lipinski definition) is 3. The van der Waals surface area contributed by atoms with Crippen LogP contribution in [0.5, 0.6) is 0 Å². The molecule has 0 aromatic carbocycles. The maximum atomic E-state index is 12.8. The first-order chi connectivity index (χ1) is 12.6. The van der Waals surface area contributed by atoms with E-state index in [0.717, 1.165) is 56.4 Å². The standard InChI is InChI=1S/C21H28N2O3/c1-13-8-16(13)20(25)23-12-21(6-7-21)9-14(23)10-22-19(24)17-11-26-18-5-3-2-4-15(17)18/h11,13-14,16H,2-10,12H2,1H3,(H,22,24)/t13-,14?,16-/m0/s1. The summed E-state index contributed by atoms with van der Waals surface area (Å²) >= 11 is 0. The summed E-state index contributed by atoms with van der Waals surface area (Å²) in [7, 11) is 0. The van der Waals surface area contributed by atoms with Crippen LogP contribution in [-0.4, -0.2) is 35.8 Å². The van der Waals surface area contributed by atoms with Crippen LogP contribution >= 0.6 is 0 Å². The summed E-state index contributed by atoms with van der Waals surface area (Å²) in [5.74, 6) is 2.02. The van der Waals surface area contributed by atoms with Crippen molar-refractivity contribution in [3.8, 4) is 0 Å². The number of rotatable bonds is 4. The monoisotopic (exact) mass is 356 g/mol. The molecule has 4 aliphatic rings. The largest absolute Gasteiger partial charge is 0.468 e. The third-order valence-corrected chi connectivity index (χ3v) is 7.09. The lowest BCUT2D eigenvalue weighted by atomic mass is 9.95. The zero-order valence-electron chi connectivity index (χ0n) is 15.6. The van der Waals surface area contributed by atoms with E-state index in [9.17, 15) is 9.59 Å². The summed E-state index contributed by atoms with van der Waals surface area (Å²) in [6.45, 7) is 3.62. The molecule has 26 heavy (non-hydrogen) atoms. The minimum absolute atomic E-state index is 0.0409. The highest BCUT2D eigenvalue weighted by Gasteiger charge is 2.55. The zero-order chi connectivity index (χ0) is 17.9. The second kappa shape index (κ2) is 5.86. The Morgan fingerprint density at radius 2 is 2.08 bits per heavy atom. The van der Waals surface area contributed by atoms with Gasteiger partial charge in [0.05, 0.1) is 5.56 Å². The number of amides is 2. The lowest BCUT2D eigenvalue weighted by Crippen LogP contribution is -2.44. The normalized spacial score (nSPS) is 31.0. The molecule has 2 amide bonds. The van der Waals surface area contributed by atoms with Gasteiger partial charge in [-0.1, -0.05) is 6.92 Å². The van der Waals surface area contributed by atoms with Gasteiger partial charge in [-0.05, 0) is 56.3 Å². The molecule has 1 spiro atoms. The van der Waals surface area contributed by atoms with Crippen molar-refractivity contribution in [2.24, 2.45) is 17.3 Å². The van der Waals surface area contributed by atoms with E-state index < -0.39 is 0 Å². The van der Waals surface area contributed by atoms with Gasteiger partial charge in [-0.25, -0.2) is 0 Å². The van der Waals surface area contributed by atoms with Crippen molar-refractivity contribution >= 4 is 11.8 Å². The minimum Gasteiger partial charge on any atom is -0.468 e. The number of carbonyl (C=O) groups is 2. The van der Waals surface area contributed by atoms with Gasteiger partial charge in [-0.3, -0.25) is 9.59 Å². The number of nitrogens with one attached hydrogen (secondary N) is 1. The highest BCUT2D eigenvalue weighted by molar-refractivity contribution is 5.95. The van der Waals surface area contributed by atoms with E-state index in [2.05, 4.69) is 17.1 Å². The molecule has 3 fully saturated rings. The van der Waals surface area contributed by atoms with E-state index in [-0.39, 0.29) is 17.9 Å². The molecule has 1 unspecified atom stereocenters. The molecule has 1 aromatic heterocycles. The molecular formula is C21H28N2O3. The van der Waals surface area contributed by atoms with E-state index in [0.29, 0.717) is 29.3 Å². The van der Waals surface area contributed by atoms with Crippen molar-refractivity contribution in [1.29, 1.82) is 0 Å². The molecule has 5 rings (SSSR count). The SMILES string of the molecule is C[C@H]1C[C@@H]1C(=O)N1CC2(CC2)CC1CNC(=O)c1coc2c1CCCC2. The van der Waals surface area contributed by atoms with E-state index in [1.165, 1.54) is 12.8 Å². The number of fused-ring (bicyclic) bond motifs is 1. The molecule has 3 aliphatic carbocycles. The predicted octanol–water partition coefficient (Wildman–Crippen LogP) is 2.93. The summed E-state index contributed by atoms with van der Waals surface area (Å²) in [4.78, 5) is 27.6. The van der Waals surface area contributed by atoms with Crippen LogP contribution in [0.1, 0.15) is 67.1 Å². The van der Waals surface area contributed by atoms with E-state index >= 15 is 0 Å². The molecule has 1 saturated heterocycles.